The van der Waals surface area contributed by atoms with E-state index in [1.54, 1.807) is 6.20 Å². The molecule has 0 aliphatic carbocycles. The van der Waals surface area contributed by atoms with Crippen LogP contribution in [0.2, 0.25) is 0 Å². The maximum absolute atomic E-state index is 8.29. The molecule has 1 aromatic rings. The van der Waals surface area contributed by atoms with Crippen LogP contribution >= 0.6 is 0 Å². The first-order chi connectivity index (χ1) is 7.33. The number of unbranched alkanes of at least 4 members (excludes halogenated alkanes) is 1. The topological polar surface area (TPSA) is 96.7 Å². The fourth-order valence-corrected chi connectivity index (χ4v) is 1.15. The van der Waals surface area contributed by atoms with Gasteiger partial charge < -0.3 is 20.8 Å². The van der Waals surface area contributed by atoms with Gasteiger partial charge in [-0.25, -0.2) is 0 Å². The van der Waals surface area contributed by atoms with Crippen LogP contribution in [0.25, 0.3) is 0 Å². The molecular weight excluding hydrogens is 196 g/mol. The molecule has 0 radical (unpaired) electrons. The Labute approximate surface area is 88.1 Å². The number of hydrogen-bond acceptors (Lipinski definition) is 5. The summed E-state index contributed by atoms with van der Waals surface area (Å²) in [5, 5.41) is 18.0. The van der Waals surface area contributed by atoms with Crippen molar-refractivity contribution in [3.63, 3.8) is 0 Å². The molecule has 0 bridgehead atoms. The Kier molecular flexibility index (Phi) is 5.24. The SMILES string of the molecule is NC(CCCCNCc1ccno1)=NO. The Hall–Kier alpha value is -1.56. The third-order valence-corrected chi connectivity index (χ3v) is 1.96. The molecule has 1 heterocycles. The second-order valence-electron chi connectivity index (χ2n) is 3.20. The second-order valence-corrected chi connectivity index (χ2v) is 3.20. The molecule has 0 aliphatic rings. The first-order valence-corrected chi connectivity index (χ1v) is 4.89. The molecule has 1 rings (SSSR count). The minimum absolute atomic E-state index is 0.283. The van der Waals surface area contributed by atoms with Gasteiger partial charge in [-0.1, -0.05) is 10.3 Å². The highest BCUT2D eigenvalue weighted by atomic mass is 16.5. The van der Waals surface area contributed by atoms with Gasteiger partial charge in [0.15, 0.2) is 0 Å². The third kappa shape index (κ3) is 5.02. The van der Waals surface area contributed by atoms with E-state index in [0.717, 1.165) is 25.1 Å². The lowest BCUT2D eigenvalue weighted by Gasteiger charge is -2.01. The van der Waals surface area contributed by atoms with Crippen molar-refractivity contribution in [1.29, 1.82) is 0 Å². The summed E-state index contributed by atoms with van der Waals surface area (Å²) in [5.74, 6) is 1.11. The highest BCUT2D eigenvalue weighted by Gasteiger charge is 1.96. The number of amidine groups is 1. The van der Waals surface area contributed by atoms with Crippen molar-refractivity contribution < 1.29 is 9.73 Å². The lowest BCUT2D eigenvalue weighted by molar-refractivity contribution is 0.316. The van der Waals surface area contributed by atoms with Crippen LogP contribution in [0.1, 0.15) is 25.0 Å². The Balaban J connectivity index is 1.94. The molecule has 0 spiro atoms. The van der Waals surface area contributed by atoms with Gasteiger partial charge in [0.25, 0.3) is 0 Å². The molecule has 6 heteroatoms. The Morgan fingerprint density at radius 3 is 3.13 bits per heavy atom. The molecule has 15 heavy (non-hydrogen) atoms. The molecular formula is C9H16N4O2. The van der Waals surface area contributed by atoms with Gasteiger partial charge in [0, 0.05) is 12.5 Å². The molecule has 0 aliphatic heterocycles. The second kappa shape index (κ2) is 6.83. The van der Waals surface area contributed by atoms with Crippen LogP contribution in [-0.4, -0.2) is 22.7 Å². The van der Waals surface area contributed by atoms with E-state index in [9.17, 15) is 0 Å². The molecule has 0 unspecified atom stereocenters. The first-order valence-electron chi connectivity index (χ1n) is 4.89. The third-order valence-electron chi connectivity index (χ3n) is 1.96. The highest BCUT2D eigenvalue weighted by Crippen LogP contribution is 1.97. The standard InChI is InChI=1S/C9H16N4O2/c10-9(13-14)3-1-2-5-11-7-8-4-6-12-15-8/h4,6,11,14H,1-3,5,7H2,(H2,10,13). The van der Waals surface area contributed by atoms with Crippen molar-refractivity contribution in [2.45, 2.75) is 25.8 Å². The number of aromatic nitrogens is 1. The van der Waals surface area contributed by atoms with Crippen LogP contribution in [-0.2, 0) is 6.54 Å². The van der Waals surface area contributed by atoms with Crippen molar-refractivity contribution >= 4 is 5.84 Å². The smallest absolute Gasteiger partial charge is 0.150 e. The predicted octanol–water partition coefficient (Wildman–Crippen LogP) is 0.681. The molecule has 0 saturated heterocycles. The van der Waals surface area contributed by atoms with Crippen LogP contribution in [0.5, 0.6) is 0 Å². The maximum Gasteiger partial charge on any atom is 0.150 e. The van der Waals surface area contributed by atoms with Crippen molar-refractivity contribution in [2.24, 2.45) is 10.9 Å². The zero-order valence-electron chi connectivity index (χ0n) is 8.52. The zero-order valence-corrected chi connectivity index (χ0v) is 8.52. The fraction of sp³-hybridized carbons (Fsp3) is 0.556. The summed E-state index contributed by atoms with van der Waals surface area (Å²) in [5.41, 5.74) is 5.32. The lowest BCUT2D eigenvalue weighted by Crippen LogP contribution is -2.16. The number of nitrogens with zero attached hydrogens (tertiary/aromatic N) is 2. The molecule has 0 atom stereocenters. The van der Waals surface area contributed by atoms with Crippen LogP contribution in [0.3, 0.4) is 0 Å². The van der Waals surface area contributed by atoms with Gasteiger partial charge in [0.1, 0.15) is 11.6 Å². The summed E-state index contributed by atoms with van der Waals surface area (Å²) in [6.45, 7) is 1.56. The Bertz CT molecular complexity index is 284. The van der Waals surface area contributed by atoms with Crippen LogP contribution < -0.4 is 11.1 Å². The van der Waals surface area contributed by atoms with Crippen molar-refractivity contribution in [3.8, 4) is 0 Å². The quantitative estimate of drug-likeness (QED) is 0.203. The van der Waals surface area contributed by atoms with Gasteiger partial charge in [-0.15, -0.1) is 0 Å². The summed E-state index contributed by atoms with van der Waals surface area (Å²) < 4.78 is 4.91. The van der Waals surface area contributed by atoms with E-state index in [2.05, 4.69) is 15.6 Å². The average Bonchev–Trinajstić information content (AvgIpc) is 2.75. The Morgan fingerprint density at radius 1 is 1.60 bits per heavy atom. The highest BCUT2D eigenvalue weighted by molar-refractivity contribution is 5.79. The van der Waals surface area contributed by atoms with E-state index in [4.69, 9.17) is 15.5 Å². The van der Waals surface area contributed by atoms with Crippen molar-refractivity contribution in [1.82, 2.24) is 10.5 Å². The van der Waals surface area contributed by atoms with Crippen molar-refractivity contribution in [2.75, 3.05) is 6.54 Å². The molecule has 0 aromatic carbocycles. The summed E-state index contributed by atoms with van der Waals surface area (Å²) in [6.07, 6.45) is 4.12. The molecule has 1 aromatic heterocycles. The normalized spacial score (nSPS) is 11.9. The maximum atomic E-state index is 8.29. The van der Waals surface area contributed by atoms with Crippen LogP contribution in [0.4, 0.5) is 0 Å². The van der Waals surface area contributed by atoms with E-state index in [1.165, 1.54) is 0 Å². The van der Waals surface area contributed by atoms with Crippen molar-refractivity contribution in [3.05, 3.63) is 18.0 Å². The largest absolute Gasteiger partial charge is 0.409 e. The Morgan fingerprint density at radius 2 is 2.47 bits per heavy atom. The van der Waals surface area contributed by atoms with E-state index in [0.29, 0.717) is 13.0 Å². The number of hydrogen-bond donors (Lipinski definition) is 3. The van der Waals surface area contributed by atoms with Gasteiger partial charge in [0.2, 0.25) is 0 Å². The average molecular weight is 212 g/mol. The van der Waals surface area contributed by atoms with Crippen LogP contribution in [0.15, 0.2) is 21.9 Å². The van der Waals surface area contributed by atoms with Gasteiger partial charge in [0.05, 0.1) is 12.7 Å². The van der Waals surface area contributed by atoms with Gasteiger partial charge in [-0.2, -0.15) is 0 Å². The monoisotopic (exact) mass is 212 g/mol. The number of nitrogens with two attached hydrogens (primary N) is 1. The van der Waals surface area contributed by atoms with E-state index in [-0.39, 0.29) is 5.84 Å². The van der Waals surface area contributed by atoms with Gasteiger partial charge >= 0.3 is 0 Å². The summed E-state index contributed by atoms with van der Waals surface area (Å²) in [7, 11) is 0. The fourth-order valence-electron chi connectivity index (χ4n) is 1.15. The summed E-state index contributed by atoms with van der Waals surface area (Å²) >= 11 is 0. The molecule has 84 valence electrons. The molecule has 6 nitrogen and oxygen atoms in total. The molecule has 0 fully saturated rings. The van der Waals surface area contributed by atoms with Crippen LogP contribution in [0, 0.1) is 0 Å². The molecule has 0 amide bonds. The van der Waals surface area contributed by atoms with Gasteiger partial charge in [-0.3, -0.25) is 0 Å². The number of nitrogens with one attached hydrogen (secondary N) is 1. The number of rotatable bonds is 7. The summed E-state index contributed by atoms with van der Waals surface area (Å²) in [4.78, 5) is 0. The van der Waals surface area contributed by atoms with Gasteiger partial charge in [-0.05, 0) is 19.4 Å². The summed E-state index contributed by atoms with van der Waals surface area (Å²) in [6, 6.07) is 1.82. The predicted molar refractivity (Wildman–Crippen MR) is 55.5 cm³/mol. The van der Waals surface area contributed by atoms with E-state index < -0.39 is 0 Å². The molecule has 4 N–H and O–H groups in total. The zero-order chi connectivity index (χ0) is 10.9. The minimum atomic E-state index is 0.283. The minimum Gasteiger partial charge on any atom is -0.409 e. The number of oxime groups is 1. The van der Waals surface area contributed by atoms with E-state index in [1.807, 2.05) is 6.07 Å². The lowest BCUT2D eigenvalue weighted by atomic mass is 10.2. The van der Waals surface area contributed by atoms with E-state index >= 15 is 0 Å². The first kappa shape index (κ1) is 11.5. The molecule has 0 saturated carbocycles.